The maximum Gasteiger partial charge on any atom is 0.270 e. The molecule has 2 aromatic heterocycles. The van der Waals surface area contributed by atoms with Crippen molar-refractivity contribution in [1.82, 2.24) is 25.3 Å². The SMILES string of the molecule is CCc1cc(C(=O)NC(C)c2cn[nH]c2)n(CC)n1. The van der Waals surface area contributed by atoms with Crippen LogP contribution in [0.2, 0.25) is 0 Å². The molecule has 0 aliphatic rings. The molecule has 1 unspecified atom stereocenters. The van der Waals surface area contributed by atoms with Crippen molar-refractivity contribution in [1.29, 1.82) is 0 Å². The smallest absolute Gasteiger partial charge is 0.270 e. The number of H-pyrrole nitrogens is 1. The molecule has 19 heavy (non-hydrogen) atoms. The number of carbonyl (C=O) groups excluding carboxylic acids is 1. The summed E-state index contributed by atoms with van der Waals surface area (Å²) in [7, 11) is 0. The molecule has 1 amide bonds. The average molecular weight is 261 g/mol. The minimum atomic E-state index is -0.109. The molecule has 6 nitrogen and oxygen atoms in total. The van der Waals surface area contributed by atoms with Gasteiger partial charge in [-0.05, 0) is 26.3 Å². The average Bonchev–Trinajstić information content (AvgIpc) is 3.07. The fourth-order valence-corrected chi connectivity index (χ4v) is 1.92. The van der Waals surface area contributed by atoms with Crippen LogP contribution in [0.5, 0.6) is 0 Å². The zero-order valence-corrected chi connectivity index (χ0v) is 11.5. The summed E-state index contributed by atoms with van der Waals surface area (Å²) in [5, 5.41) is 13.9. The van der Waals surface area contributed by atoms with Crippen molar-refractivity contribution in [2.45, 2.75) is 39.8 Å². The second kappa shape index (κ2) is 5.69. The summed E-state index contributed by atoms with van der Waals surface area (Å²) in [6.07, 6.45) is 4.31. The number of nitrogens with one attached hydrogen (secondary N) is 2. The molecule has 2 N–H and O–H groups in total. The van der Waals surface area contributed by atoms with Crippen LogP contribution in [0.3, 0.4) is 0 Å². The molecule has 0 spiro atoms. The molecule has 0 saturated carbocycles. The number of aromatic amines is 1. The number of nitrogens with zero attached hydrogens (tertiary/aromatic N) is 3. The largest absolute Gasteiger partial charge is 0.344 e. The van der Waals surface area contributed by atoms with E-state index in [0.717, 1.165) is 17.7 Å². The number of amides is 1. The van der Waals surface area contributed by atoms with Crippen molar-refractivity contribution < 1.29 is 4.79 Å². The van der Waals surface area contributed by atoms with Gasteiger partial charge in [0.2, 0.25) is 0 Å². The molecule has 2 rings (SSSR count). The van der Waals surface area contributed by atoms with Crippen LogP contribution < -0.4 is 5.32 Å². The Balaban J connectivity index is 2.13. The van der Waals surface area contributed by atoms with E-state index in [1.54, 1.807) is 17.1 Å². The normalized spacial score (nSPS) is 12.4. The number of hydrogen-bond acceptors (Lipinski definition) is 3. The Bertz CT molecular complexity index is 543. The van der Waals surface area contributed by atoms with E-state index in [-0.39, 0.29) is 11.9 Å². The van der Waals surface area contributed by atoms with Gasteiger partial charge in [-0.1, -0.05) is 6.92 Å². The van der Waals surface area contributed by atoms with Gasteiger partial charge < -0.3 is 5.32 Å². The first-order valence-electron chi connectivity index (χ1n) is 6.52. The molecule has 0 aliphatic heterocycles. The second-order valence-electron chi connectivity index (χ2n) is 4.42. The van der Waals surface area contributed by atoms with Gasteiger partial charge in [0.05, 0.1) is 17.9 Å². The first-order valence-corrected chi connectivity index (χ1v) is 6.52. The highest BCUT2D eigenvalue weighted by molar-refractivity contribution is 5.92. The van der Waals surface area contributed by atoms with E-state index >= 15 is 0 Å². The van der Waals surface area contributed by atoms with Crippen molar-refractivity contribution >= 4 is 5.91 Å². The Labute approximate surface area is 112 Å². The monoisotopic (exact) mass is 261 g/mol. The van der Waals surface area contributed by atoms with Gasteiger partial charge in [-0.2, -0.15) is 10.2 Å². The van der Waals surface area contributed by atoms with Crippen molar-refractivity contribution in [3.63, 3.8) is 0 Å². The van der Waals surface area contributed by atoms with Crippen LogP contribution in [-0.4, -0.2) is 25.9 Å². The van der Waals surface area contributed by atoms with E-state index in [9.17, 15) is 4.79 Å². The molecule has 2 heterocycles. The van der Waals surface area contributed by atoms with Crippen LogP contribution in [0.4, 0.5) is 0 Å². The van der Waals surface area contributed by atoms with Gasteiger partial charge in [0.25, 0.3) is 5.91 Å². The first kappa shape index (κ1) is 13.3. The summed E-state index contributed by atoms with van der Waals surface area (Å²) >= 11 is 0. The van der Waals surface area contributed by atoms with Gasteiger partial charge in [-0.25, -0.2) is 0 Å². The quantitative estimate of drug-likeness (QED) is 0.859. The Morgan fingerprint density at radius 1 is 1.53 bits per heavy atom. The summed E-state index contributed by atoms with van der Waals surface area (Å²) in [5.74, 6) is -0.109. The van der Waals surface area contributed by atoms with Crippen LogP contribution >= 0.6 is 0 Å². The minimum Gasteiger partial charge on any atom is -0.344 e. The molecule has 0 aromatic carbocycles. The molecule has 2 aromatic rings. The molecule has 1 atom stereocenters. The molecule has 0 bridgehead atoms. The lowest BCUT2D eigenvalue weighted by atomic mass is 10.2. The third-order valence-electron chi connectivity index (χ3n) is 3.09. The van der Waals surface area contributed by atoms with E-state index in [4.69, 9.17) is 0 Å². The molecule has 0 aliphatic carbocycles. The zero-order valence-electron chi connectivity index (χ0n) is 11.5. The van der Waals surface area contributed by atoms with Gasteiger partial charge in [-0.3, -0.25) is 14.6 Å². The third-order valence-corrected chi connectivity index (χ3v) is 3.09. The lowest BCUT2D eigenvalue weighted by molar-refractivity contribution is 0.0929. The predicted molar refractivity (Wildman–Crippen MR) is 71.7 cm³/mol. The van der Waals surface area contributed by atoms with Crippen LogP contribution in [0.15, 0.2) is 18.5 Å². The summed E-state index contributed by atoms with van der Waals surface area (Å²) in [6.45, 7) is 6.61. The highest BCUT2D eigenvalue weighted by Gasteiger charge is 2.17. The first-order chi connectivity index (χ1) is 9.15. The molecule has 0 saturated heterocycles. The Kier molecular flexibility index (Phi) is 3.99. The van der Waals surface area contributed by atoms with Gasteiger partial charge in [-0.15, -0.1) is 0 Å². The highest BCUT2D eigenvalue weighted by atomic mass is 16.2. The molecule has 6 heteroatoms. The van der Waals surface area contributed by atoms with Gasteiger partial charge in [0.1, 0.15) is 5.69 Å². The molecular weight excluding hydrogens is 242 g/mol. The topological polar surface area (TPSA) is 75.6 Å². The molecule has 102 valence electrons. The number of aryl methyl sites for hydroxylation is 2. The van der Waals surface area contributed by atoms with E-state index in [1.165, 1.54) is 0 Å². The fourth-order valence-electron chi connectivity index (χ4n) is 1.92. The van der Waals surface area contributed by atoms with E-state index in [0.29, 0.717) is 12.2 Å². The van der Waals surface area contributed by atoms with Crippen molar-refractivity contribution in [3.05, 3.63) is 35.4 Å². The highest BCUT2D eigenvalue weighted by Crippen LogP contribution is 2.12. The molecule has 0 fully saturated rings. The van der Waals surface area contributed by atoms with Crippen molar-refractivity contribution in [3.8, 4) is 0 Å². The third kappa shape index (κ3) is 2.83. The van der Waals surface area contributed by atoms with Crippen LogP contribution in [-0.2, 0) is 13.0 Å². The van der Waals surface area contributed by atoms with E-state index < -0.39 is 0 Å². The number of rotatable bonds is 5. The van der Waals surface area contributed by atoms with Gasteiger partial charge >= 0.3 is 0 Å². The maximum absolute atomic E-state index is 12.3. The second-order valence-corrected chi connectivity index (χ2v) is 4.42. The lowest BCUT2D eigenvalue weighted by Gasteiger charge is -2.12. The Hall–Kier alpha value is -2.11. The Morgan fingerprint density at radius 2 is 2.32 bits per heavy atom. The summed E-state index contributed by atoms with van der Waals surface area (Å²) in [4.78, 5) is 12.3. The van der Waals surface area contributed by atoms with Crippen molar-refractivity contribution in [2.75, 3.05) is 0 Å². The summed E-state index contributed by atoms with van der Waals surface area (Å²) < 4.78 is 1.73. The minimum absolute atomic E-state index is 0.0865. The van der Waals surface area contributed by atoms with Gasteiger partial charge in [0, 0.05) is 18.3 Å². The number of carbonyl (C=O) groups is 1. The van der Waals surface area contributed by atoms with E-state index in [1.807, 2.05) is 26.8 Å². The van der Waals surface area contributed by atoms with E-state index in [2.05, 4.69) is 20.6 Å². The maximum atomic E-state index is 12.3. The van der Waals surface area contributed by atoms with Gasteiger partial charge in [0.15, 0.2) is 0 Å². The van der Waals surface area contributed by atoms with Crippen molar-refractivity contribution in [2.24, 2.45) is 0 Å². The number of hydrogen-bond donors (Lipinski definition) is 2. The summed E-state index contributed by atoms with van der Waals surface area (Å²) in [6, 6.07) is 1.76. The molecular formula is C13H19N5O. The fraction of sp³-hybridized carbons (Fsp3) is 0.462. The summed E-state index contributed by atoms with van der Waals surface area (Å²) in [5.41, 5.74) is 2.49. The molecule has 0 radical (unpaired) electrons. The standard InChI is InChI=1S/C13H19N5O/c1-4-11-6-12(18(5-2)17-11)13(19)16-9(3)10-7-14-15-8-10/h6-9H,4-5H2,1-3H3,(H,14,15)(H,16,19). The Morgan fingerprint density at radius 3 is 2.89 bits per heavy atom. The van der Waals surface area contributed by atoms with Crippen LogP contribution in [0.25, 0.3) is 0 Å². The zero-order chi connectivity index (χ0) is 13.8. The number of aromatic nitrogens is 4. The van der Waals surface area contributed by atoms with Crippen LogP contribution in [0.1, 0.15) is 48.6 Å². The van der Waals surface area contributed by atoms with Crippen LogP contribution in [0, 0.1) is 0 Å². The lowest BCUT2D eigenvalue weighted by Crippen LogP contribution is -2.28. The predicted octanol–water partition coefficient (Wildman–Crippen LogP) is 1.68.